The van der Waals surface area contributed by atoms with Gasteiger partial charge in [0, 0.05) is 23.8 Å². The van der Waals surface area contributed by atoms with Crippen molar-refractivity contribution in [1.29, 1.82) is 0 Å². The first kappa shape index (κ1) is 36.8. The molecular formula is C33H53N3O6. The van der Waals surface area contributed by atoms with Gasteiger partial charge in [0.15, 0.2) is 0 Å². The molecule has 0 aromatic heterocycles. The zero-order chi connectivity index (χ0) is 32.6. The molecule has 0 aromatic rings. The zero-order valence-corrected chi connectivity index (χ0v) is 27.3. The Labute approximate surface area is 251 Å². The van der Waals surface area contributed by atoms with E-state index in [1.165, 1.54) is 44.6 Å². The molecule has 2 aliphatic carbocycles. The van der Waals surface area contributed by atoms with Gasteiger partial charge in [-0.25, -0.2) is 9.59 Å². The van der Waals surface area contributed by atoms with E-state index >= 15 is 0 Å². The van der Waals surface area contributed by atoms with Crippen LogP contribution in [0.15, 0.2) is 44.6 Å². The van der Waals surface area contributed by atoms with E-state index in [9.17, 15) is 9.59 Å². The standard InChI is InChI=1S/C31H51N3O2.C2H2O4/c1-19-20(2)24(6)30(9,23(19)5)15-14-28(35)34-27(13-11-12-17-32)29(36)33-18-16-31(10)25(7)21(3)22(4)26(31)8;3-1(4)2(5)6/h27H,11-18,32H2,1-10H3,(H,33,36)(H,34,35);(H,3,4)(H,5,6)/t27-;/m0./s1. The van der Waals surface area contributed by atoms with Crippen LogP contribution >= 0.6 is 0 Å². The predicted molar refractivity (Wildman–Crippen MR) is 167 cm³/mol. The molecule has 1 atom stereocenters. The summed E-state index contributed by atoms with van der Waals surface area (Å²) in [6.45, 7) is 23.1. The van der Waals surface area contributed by atoms with Crippen molar-refractivity contribution in [3.63, 3.8) is 0 Å². The number of rotatable bonds is 12. The smallest absolute Gasteiger partial charge is 0.414 e. The third kappa shape index (κ3) is 8.43. The normalized spacial score (nSPS) is 18.2. The van der Waals surface area contributed by atoms with Gasteiger partial charge in [-0.3, -0.25) is 9.59 Å². The van der Waals surface area contributed by atoms with Gasteiger partial charge in [0.1, 0.15) is 6.04 Å². The fraction of sp³-hybridized carbons (Fsp3) is 0.636. The highest BCUT2D eigenvalue weighted by Gasteiger charge is 2.37. The number of hydrogen-bond acceptors (Lipinski definition) is 5. The van der Waals surface area contributed by atoms with E-state index in [2.05, 4.69) is 79.9 Å². The molecule has 0 bridgehead atoms. The fourth-order valence-corrected chi connectivity index (χ4v) is 6.04. The number of carboxylic acids is 2. The maximum Gasteiger partial charge on any atom is 0.414 e. The van der Waals surface area contributed by atoms with Crippen molar-refractivity contribution in [2.24, 2.45) is 16.6 Å². The van der Waals surface area contributed by atoms with Crippen LogP contribution in [-0.2, 0) is 19.2 Å². The number of carbonyl (C=O) groups is 4. The predicted octanol–water partition coefficient (Wildman–Crippen LogP) is 5.43. The Hall–Kier alpha value is -3.20. The number of carboxylic acid groups (broad SMARTS) is 2. The second-order valence-electron chi connectivity index (χ2n) is 12.2. The molecule has 0 fully saturated rings. The van der Waals surface area contributed by atoms with Crippen molar-refractivity contribution in [3.05, 3.63) is 44.6 Å². The van der Waals surface area contributed by atoms with Crippen molar-refractivity contribution in [3.8, 4) is 0 Å². The average molecular weight is 588 g/mol. The van der Waals surface area contributed by atoms with Gasteiger partial charge in [0.2, 0.25) is 11.8 Å². The Morgan fingerprint density at radius 2 is 1.12 bits per heavy atom. The van der Waals surface area contributed by atoms with Crippen molar-refractivity contribution in [1.82, 2.24) is 10.6 Å². The lowest BCUT2D eigenvalue weighted by Crippen LogP contribution is -2.47. The highest BCUT2D eigenvalue weighted by molar-refractivity contribution is 6.27. The minimum atomic E-state index is -1.82. The van der Waals surface area contributed by atoms with Crippen LogP contribution in [0, 0.1) is 10.8 Å². The lowest BCUT2D eigenvalue weighted by molar-refractivity contribution is -0.159. The van der Waals surface area contributed by atoms with Crippen molar-refractivity contribution < 1.29 is 29.4 Å². The SMILES string of the molecule is CC1=C(C)C(C)(CCNC(=O)[C@H](CCCCN)NC(=O)CCC2(C)C(C)=C(C)C(C)=C2C)C(C)=C1C.O=C(O)C(=O)O. The molecule has 6 N–H and O–H groups in total. The average Bonchev–Trinajstić information content (AvgIpc) is 3.18. The van der Waals surface area contributed by atoms with E-state index in [1.54, 1.807) is 0 Å². The Kier molecular flexibility index (Phi) is 13.4. The molecule has 0 aliphatic heterocycles. The summed E-state index contributed by atoms with van der Waals surface area (Å²) in [4.78, 5) is 44.4. The molecule has 2 aliphatic rings. The topological polar surface area (TPSA) is 159 Å². The van der Waals surface area contributed by atoms with E-state index in [4.69, 9.17) is 25.5 Å². The quantitative estimate of drug-likeness (QED) is 0.150. The molecule has 9 nitrogen and oxygen atoms in total. The van der Waals surface area contributed by atoms with E-state index in [1.807, 2.05) is 0 Å². The number of allylic oxidation sites excluding steroid dienone is 8. The molecule has 2 rings (SSSR count). The van der Waals surface area contributed by atoms with Gasteiger partial charge in [-0.05, 0) is 116 Å². The summed E-state index contributed by atoms with van der Waals surface area (Å²) < 4.78 is 0. The van der Waals surface area contributed by atoms with Gasteiger partial charge in [-0.2, -0.15) is 0 Å². The number of aliphatic carboxylic acids is 2. The lowest BCUT2D eigenvalue weighted by atomic mass is 9.75. The van der Waals surface area contributed by atoms with Gasteiger partial charge in [-0.15, -0.1) is 0 Å². The minimum Gasteiger partial charge on any atom is -0.473 e. The van der Waals surface area contributed by atoms with Crippen molar-refractivity contribution >= 4 is 23.8 Å². The maximum absolute atomic E-state index is 13.2. The Balaban J connectivity index is 0.00000132. The summed E-state index contributed by atoms with van der Waals surface area (Å²) in [6.07, 6.45) is 4.26. The molecule has 0 aromatic carbocycles. The Morgan fingerprint density at radius 3 is 1.50 bits per heavy atom. The molecule has 9 heteroatoms. The van der Waals surface area contributed by atoms with Gasteiger partial charge in [0.05, 0.1) is 0 Å². The van der Waals surface area contributed by atoms with Crippen LogP contribution in [0.2, 0.25) is 0 Å². The molecule has 0 saturated carbocycles. The number of carbonyl (C=O) groups excluding carboxylic acids is 2. The van der Waals surface area contributed by atoms with E-state index in [0.29, 0.717) is 25.9 Å². The molecule has 42 heavy (non-hydrogen) atoms. The first-order valence-electron chi connectivity index (χ1n) is 14.8. The highest BCUT2D eigenvalue weighted by atomic mass is 16.4. The monoisotopic (exact) mass is 587 g/mol. The highest BCUT2D eigenvalue weighted by Crippen LogP contribution is 2.49. The largest absolute Gasteiger partial charge is 0.473 e. The molecule has 2 amide bonds. The molecule has 0 radical (unpaired) electrons. The minimum absolute atomic E-state index is 0.0243. The van der Waals surface area contributed by atoms with Crippen LogP contribution in [0.25, 0.3) is 0 Å². The number of nitrogens with one attached hydrogen (secondary N) is 2. The van der Waals surface area contributed by atoms with Crippen molar-refractivity contribution in [2.45, 2.75) is 114 Å². The van der Waals surface area contributed by atoms with Crippen LogP contribution in [-0.4, -0.2) is 53.1 Å². The summed E-state index contributed by atoms with van der Waals surface area (Å²) in [6, 6.07) is -0.523. The first-order valence-corrected chi connectivity index (χ1v) is 14.8. The number of amides is 2. The van der Waals surface area contributed by atoms with Crippen LogP contribution in [0.3, 0.4) is 0 Å². The van der Waals surface area contributed by atoms with Gasteiger partial charge >= 0.3 is 11.9 Å². The van der Waals surface area contributed by atoms with E-state index < -0.39 is 18.0 Å². The Bertz CT molecular complexity index is 1140. The summed E-state index contributed by atoms with van der Waals surface area (Å²) in [5, 5.41) is 21.0. The number of hydrogen-bond donors (Lipinski definition) is 5. The summed E-state index contributed by atoms with van der Waals surface area (Å²) in [5.74, 6) is -3.80. The first-order chi connectivity index (χ1) is 19.4. The second-order valence-corrected chi connectivity index (χ2v) is 12.2. The lowest BCUT2D eigenvalue weighted by Gasteiger charge is -2.30. The molecule has 0 saturated heterocycles. The molecule has 236 valence electrons. The third-order valence-corrected chi connectivity index (χ3v) is 10.2. The van der Waals surface area contributed by atoms with Gasteiger partial charge < -0.3 is 26.6 Å². The van der Waals surface area contributed by atoms with Crippen LogP contribution in [0.5, 0.6) is 0 Å². The van der Waals surface area contributed by atoms with Crippen LogP contribution in [0.4, 0.5) is 0 Å². The molecule has 0 unspecified atom stereocenters. The molecular weight excluding hydrogens is 534 g/mol. The molecule has 0 spiro atoms. The number of unbranched alkanes of at least 4 members (excludes halogenated alkanes) is 1. The fourth-order valence-electron chi connectivity index (χ4n) is 6.04. The van der Waals surface area contributed by atoms with Crippen LogP contribution in [0.1, 0.15) is 108 Å². The third-order valence-electron chi connectivity index (χ3n) is 10.2. The van der Waals surface area contributed by atoms with E-state index in [-0.39, 0.29) is 22.6 Å². The molecule has 0 heterocycles. The van der Waals surface area contributed by atoms with Crippen LogP contribution < -0.4 is 16.4 Å². The second kappa shape index (κ2) is 15.3. The summed E-state index contributed by atoms with van der Waals surface area (Å²) in [5.41, 5.74) is 16.4. The Morgan fingerprint density at radius 1 is 0.714 bits per heavy atom. The zero-order valence-electron chi connectivity index (χ0n) is 27.3. The maximum atomic E-state index is 13.2. The summed E-state index contributed by atoms with van der Waals surface area (Å²) in [7, 11) is 0. The number of nitrogens with two attached hydrogens (primary N) is 1. The van der Waals surface area contributed by atoms with Crippen molar-refractivity contribution in [2.75, 3.05) is 13.1 Å². The van der Waals surface area contributed by atoms with E-state index in [0.717, 1.165) is 25.7 Å². The summed E-state index contributed by atoms with van der Waals surface area (Å²) >= 11 is 0. The van der Waals surface area contributed by atoms with Gasteiger partial charge in [0.25, 0.3) is 0 Å². The van der Waals surface area contributed by atoms with Gasteiger partial charge in [-0.1, -0.05) is 36.1 Å².